The lowest BCUT2D eigenvalue weighted by Gasteiger charge is -2.46. The summed E-state index contributed by atoms with van der Waals surface area (Å²) in [6, 6.07) is 15.8. The third-order valence-electron chi connectivity index (χ3n) is 7.00. The van der Waals surface area contributed by atoms with Crippen molar-refractivity contribution in [1.29, 1.82) is 0 Å². The van der Waals surface area contributed by atoms with E-state index in [1.165, 1.54) is 23.3 Å². The van der Waals surface area contributed by atoms with E-state index < -0.39 is 0 Å². The van der Waals surface area contributed by atoms with E-state index in [0.717, 1.165) is 37.1 Å². The Morgan fingerprint density at radius 2 is 1.97 bits per heavy atom. The number of amides is 1. The standard InChI is InChI=1S/C26H26FN3O/c1-26-15-19-16-29-30(23-12-10-22(27)11-13-23)24(19)14-20(26)8-5-9-21(26)17-28-25(31)18-6-3-2-4-7-18/h2-4,6-7,10-14,16,21H,5,8-9,15,17H2,1H3,(H,28,31)/t21?,26-/m0/s1. The second-order valence-electron chi connectivity index (χ2n) is 8.87. The van der Waals surface area contributed by atoms with Gasteiger partial charge in [-0.05, 0) is 85.1 Å². The average molecular weight is 416 g/mol. The van der Waals surface area contributed by atoms with E-state index in [0.29, 0.717) is 18.0 Å². The summed E-state index contributed by atoms with van der Waals surface area (Å²) in [5.41, 5.74) is 5.29. The van der Waals surface area contributed by atoms with Crippen LogP contribution in [0.5, 0.6) is 0 Å². The zero-order valence-corrected chi connectivity index (χ0v) is 17.6. The second kappa shape index (κ2) is 7.80. The van der Waals surface area contributed by atoms with Crippen LogP contribution in [0, 0.1) is 17.2 Å². The minimum absolute atomic E-state index is 0.00583. The molecule has 3 aromatic rings. The zero-order chi connectivity index (χ0) is 21.4. The lowest BCUT2D eigenvalue weighted by Crippen LogP contribution is -2.43. The van der Waals surface area contributed by atoms with Crippen LogP contribution in [0.3, 0.4) is 0 Å². The maximum Gasteiger partial charge on any atom is 0.251 e. The quantitative estimate of drug-likeness (QED) is 0.638. The molecule has 2 aliphatic rings. The number of nitrogens with one attached hydrogen (secondary N) is 1. The van der Waals surface area contributed by atoms with E-state index in [1.807, 2.05) is 41.2 Å². The SMILES string of the molecule is C[C@]12Cc3cnn(-c4ccc(F)cc4)c3C=C1CCCC2CNC(=O)c1ccccc1. The van der Waals surface area contributed by atoms with Gasteiger partial charge in [0.2, 0.25) is 0 Å². The van der Waals surface area contributed by atoms with E-state index >= 15 is 0 Å². The van der Waals surface area contributed by atoms with Gasteiger partial charge >= 0.3 is 0 Å². The maximum atomic E-state index is 13.3. The van der Waals surface area contributed by atoms with Gasteiger partial charge < -0.3 is 5.32 Å². The molecule has 1 unspecified atom stereocenters. The van der Waals surface area contributed by atoms with Gasteiger partial charge in [0.1, 0.15) is 5.82 Å². The van der Waals surface area contributed by atoms with Crippen molar-refractivity contribution in [3.05, 3.63) is 89.0 Å². The van der Waals surface area contributed by atoms with E-state index in [4.69, 9.17) is 0 Å². The molecule has 1 aromatic heterocycles. The van der Waals surface area contributed by atoms with Gasteiger partial charge in [0, 0.05) is 12.1 Å². The third-order valence-corrected chi connectivity index (χ3v) is 7.00. The maximum absolute atomic E-state index is 13.3. The highest BCUT2D eigenvalue weighted by atomic mass is 19.1. The number of hydrogen-bond acceptors (Lipinski definition) is 2. The molecule has 4 nitrogen and oxygen atoms in total. The Labute approximate surface area is 181 Å². The molecule has 0 spiro atoms. The monoisotopic (exact) mass is 415 g/mol. The summed E-state index contributed by atoms with van der Waals surface area (Å²) < 4.78 is 15.3. The van der Waals surface area contributed by atoms with Crippen LogP contribution in [0.2, 0.25) is 0 Å². The van der Waals surface area contributed by atoms with E-state index in [1.54, 1.807) is 12.1 Å². The largest absolute Gasteiger partial charge is 0.352 e. The molecular formula is C26H26FN3O. The van der Waals surface area contributed by atoms with Crippen LogP contribution in [-0.4, -0.2) is 22.2 Å². The van der Waals surface area contributed by atoms with Gasteiger partial charge in [-0.25, -0.2) is 9.07 Å². The Morgan fingerprint density at radius 3 is 2.74 bits per heavy atom. The van der Waals surface area contributed by atoms with Crippen LogP contribution in [0.15, 0.2) is 66.4 Å². The highest BCUT2D eigenvalue weighted by Crippen LogP contribution is 2.50. The van der Waals surface area contributed by atoms with Crippen molar-refractivity contribution in [2.24, 2.45) is 11.3 Å². The first-order valence-corrected chi connectivity index (χ1v) is 10.9. The number of nitrogens with zero attached hydrogens (tertiary/aromatic N) is 2. The molecule has 0 saturated heterocycles. The van der Waals surface area contributed by atoms with Crippen molar-refractivity contribution in [3.63, 3.8) is 0 Å². The number of halogens is 1. The number of allylic oxidation sites excluding steroid dienone is 1. The minimum Gasteiger partial charge on any atom is -0.352 e. The Kier molecular flexibility index (Phi) is 4.97. The molecule has 5 rings (SSSR count). The van der Waals surface area contributed by atoms with Crippen LogP contribution >= 0.6 is 0 Å². The van der Waals surface area contributed by atoms with Gasteiger partial charge in [-0.2, -0.15) is 5.10 Å². The van der Waals surface area contributed by atoms with Crippen molar-refractivity contribution >= 4 is 12.0 Å². The Hall–Kier alpha value is -3.21. The van der Waals surface area contributed by atoms with Crippen molar-refractivity contribution < 1.29 is 9.18 Å². The van der Waals surface area contributed by atoms with Crippen molar-refractivity contribution in [3.8, 4) is 5.69 Å². The summed E-state index contributed by atoms with van der Waals surface area (Å²) in [5.74, 6) is 0.117. The molecule has 0 bridgehead atoms. The van der Waals surface area contributed by atoms with Gasteiger partial charge in [-0.3, -0.25) is 4.79 Å². The van der Waals surface area contributed by atoms with Gasteiger partial charge in [0.25, 0.3) is 5.91 Å². The molecule has 2 aromatic carbocycles. The van der Waals surface area contributed by atoms with Crippen molar-refractivity contribution in [2.75, 3.05) is 6.54 Å². The molecule has 158 valence electrons. The van der Waals surface area contributed by atoms with Gasteiger partial charge in [-0.1, -0.05) is 30.7 Å². The summed E-state index contributed by atoms with van der Waals surface area (Å²) in [7, 11) is 0. The van der Waals surface area contributed by atoms with Crippen LogP contribution in [0.25, 0.3) is 11.8 Å². The number of fused-ring (bicyclic) bond motifs is 2. The molecule has 1 amide bonds. The Morgan fingerprint density at radius 1 is 1.19 bits per heavy atom. The van der Waals surface area contributed by atoms with Gasteiger partial charge in [-0.15, -0.1) is 0 Å². The molecule has 5 heteroatoms. The molecule has 1 N–H and O–H groups in total. The highest BCUT2D eigenvalue weighted by molar-refractivity contribution is 5.94. The molecule has 0 radical (unpaired) electrons. The van der Waals surface area contributed by atoms with E-state index in [2.05, 4.69) is 23.4 Å². The Bertz CT molecular complexity index is 1130. The molecule has 1 fully saturated rings. The predicted molar refractivity (Wildman–Crippen MR) is 119 cm³/mol. The fourth-order valence-electron chi connectivity index (χ4n) is 5.17. The van der Waals surface area contributed by atoms with E-state index in [9.17, 15) is 9.18 Å². The molecule has 2 aliphatic carbocycles. The molecular weight excluding hydrogens is 389 g/mol. The first-order chi connectivity index (χ1) is 15.0. The highest BCUT2D eigenvalue weighted by Gasteiger charge is 2.43. The zero-order valence-electron chi connectivity index (χ0n) is 17.6. The molecule has 0 aliphatic heterocycles. The summed E-state index contributed by atoms with van der Waals surface area (Å²) in [5, 5.41) is 7.77. The smallest absolute Gasteiger partial charge is 0.251 e. The lowest BCUT2D eigenvalue weighted by molar-refractivity contribution is 0.0921. The number of benzene rings is 2. The van der Waals surface area contributed by atoms with Crippen molar-refractivity contribution in [1.82, 2.24) is 15.1 Å². The summed E-state index contributed by atoms with van der Waals surface area (Å²) >= 11 is 0. The van der Waals surface area contributed by atoms with Gasteiger partial charge in [0.15, 0.2) is 0 Å². The predicted octanol–water partition coefficient (Wildman–Crippen LogP) is 5.19. The van der Waals surface area contributed by atoms with E-state index in [-0.39, 0.29) is 17.1 Å². The number of hydrogen-bond donors (Lipinski definition) is 1. The van der Waals surface area contributed by atoms with Crippen LogP contribution in [0.1, 0.15) is 47.8 Å². The normalized spacial score (nSPS) is 22.3. The number of aromatic nitrogens is 2. The molecule has 2 atom stereocenters. The van der Waals surface area contributed by atoms with Crippen LogP contribution in [0.4, 0.5) is 4.39 Å². The first kappa shape index (κ1) is 19.7. The fraction of sp³-hybridized carbons (Fsp3) is 0.308. The Balaban J connectivity index is 1.39. The summed E-state index contributed by atoms with van der Waals surface area (Å²) in [6.45, 7) is 3.00. The summed E-state index contributed by atoms with van der Waals surface area (Å²) in [4.78, 5) is 12.6. The average Bonchev–Trinajstić information content (AvgIpc) is 3.19. The number of carbonyl (C=O) groups excluding carboxylic acids is 1. The number of rotatable bonds is 4. The van der Waals surface area contributed by atoms with Gasteiger partial charge in [0.05, 0.1) is 17.6 Å². The second-order valence-corrected chi connectivity index (χ2v) is 8.87. The van der Waals surface area contributed by atoms with Crippen LogP contribution < -0.4 is 5.32 Å². The van der Waals surface area contributed by atoms with Crippen molar-refractivity contribution in [2.45, 2.75) is 32.6 Å². The topological polar surface area (TPSA) is 46.9 Å². The first-order valence-electron chi connectivity index (χ1n) is 10.9. The summed E-state index contributed by atoms with van der Waals surface area (Å²) in [6.07, 6.45) is 8.40. The third kappa shape index (κ3) is 3.58. The number of carbonyl (C=O) groups is 1. The van der Waals surface area contributed by atoms with Crippen LogP contribution in [-0.2, 0) is 6.42 Å². The lowest BCUT2D eigenvalue weighted by atomic mass is 9.60. The molecule has 1 heterocycles. The fourth-order valence-corrected chi connectivity index (χ4v) is 5.17. The molecule has 31 heavy (non-hydrogen) atoms. The minimum atomic E-state index is -0.247. The molecule has 1 saturated carbocycles.